The van der Waals surface area contributed by atoms with Crippen molar-refractivity contribution in [3.05, 3.63) is 48.6 Å². The Balaban J connectivity index is 2.07. The molecule has 17 heavy (non-hydrogen) atoms. The molecule has 2 rings (SSSR count). The average molecular weight is 229 g/mol. The molecular formula is C15H19NO. The van der Waals surface area contributed by atoms with Crippen LogP contribution in [0.2, 0.25) is 0 Å². The maximum Gasteiger partial charge on any atom is 0.149 e. The van der Waals surface area contributed by atoms with Crippen molar-refractivity contribution >= 4 is 5.78 Å². The third-order valence-electron chi connectivity index (χ3n) is 3.31. The summed E-state index contributed by atoms with van der Waals surface area (Å²) in [4.78, 5) is 14.0. The lowest BCUT2D eigenvalue weighted by Crippen LogP contribution is -2.37. The van der Waals surface area contributed by atoms with Crippen molar-refractivity contribution in [2.75, 3.05) is 6.54 Å². The molecule has 1 aromatic rings. The van der Waals surface area contributed by atoms with Gasteiger partial charge in [-0.15, -0.1) is 6.58 Å². The number of carbonyl (C=O) groups excluding carboxylic acids is 1. The number of ketones is 1. The molecule has 0 spiro atoms. The Morgan fingerprint density at radius 2 is 2.12 bits per heavy atom. The van der Waals surface area contributed by atoms with Gasteiger partial charge in [0.15, 0.2) is 0 Å². The fourth-order valence-electron chi connectivity index (χ4n) is 2.47. The summed E-state index contributed by atoms with van der Waals surface area (Å²) in [5, 5.41) is 0. The number of Topliss-reactive ketones (excluding diaryl/α,β-unsaturated/α-hetero) is 1. The van der Waals surface area contributed by atoms with Gasteiger partial charge in [-0.1, -0.05) is 36.4 Å². The molecule has 2 nitrogen and oxygen atoms in total. The average Bonchev–Trinajstić information content (AvgIpc) is 2.76. The molecule has 0 saturated heterocycles. The lowest BCUT2D eigenvalue weighted by molar-refractivity contribution is -0.121. The number of carbonyl (C=O) groups is 1. The minimum atomic E-state index is 0.105. The summed E-state index contributed by atoms with van der Waals surface area (Å²) in [7, 11) is 0. The zero-order valence-electron chi connectivity index (χ0n) is 10.1. The Morgan fingerprint density at radius 3 is 2.71 bits per heavy atom. The number of rotatable bonds is 5. The van der Waals surface area contributed by atoms with Crippen LogP contribution in [-0.2, 0) is 11.3 Å². The lowest BCUT2D eigenvalue weighted by atomic mass is 10.1. The third-order valence-corrected chi connectivity index (χ3v) is 3.31. The van der Waals surface area contributed by atoms with Crippen molar-refractivity contribution in [1.82, 2.24) is 4.90 Å². The zero-order valence-corrected chi connectivity index (χ0v) is 10.1. The normalized spacial score (nSPS) is 19.8. The number of nitrogens with zero attached hydrogens (tertiary/aromatic N) is 1. The summed E-state index contributed by atoms with van der Waals surface area (Å²) in [6.07, 6.45) is 4.66. The summed E-state index contributed by atoms with van der Waals surface area (Å²) in [6.45, 7) is 5.41. The molecule has 0 radical (unpaired) electrons. The van der Waals surface area contributed by atoms with Crippen LogP contribution in [0.15, 0.2) is 43.0 Å². The SMILES string of the molecule is C=CCN(Cc1ccccc1)[C@@H]1CCCC1=O. The van der Waals surface area contributed by atoms with Crippen molar-refractivity contribution in [2.24, 2.45) is 0 Å². The van der Waals surface area contributed by atoms with Crippen molar-refractivity contribution < 1.29 is 4.79 Å². The van der Waals surface area contributed by atoms with Crippen molar-refractivity contribution in [2.45, 2.75) is 31.8 Å². The second-order valence-corrected chi connectivity index (χ2v) is 4.58. The molecule has 1 aliphatic carbocycles. The van der Waals surface area contributed by atoms with E-state index >= 15 is 0 Å². The Bertz CT molecular complexity index is 385. The van der Waals surface area contributed by atoms with Gasteiger partial charge in [0.25, 0.3) is 0 Å². The van der Waals surface area contributed by atoms with E-state index in [0.717, 1.165) is 32.4 Å². The zero-order chi connectivity index (χ0) is 12.1. The molecule has 1 atom stereocenters. The molecule has 2 heteroatoms. The van der Waals surface area contributed by atoms with E-state index in [0.29, 0.717) is 5.78 Å². The molecule has 0 heterocycles. The van der Waals surface area contributed by atoms with Gasteiger partial charge < -0.3 is 0 Å². The van der Waals surface area contributed by atoms with Crippen LogP contribution >= 0.6 is 0 Å². The van der Waals surface area contributed by atoms with Crippen LogP contribution in [0.4, 0.5) is 0 Å². The van der Waals surface area contributed by atoms with Gasteiger partial charge in [-0.3, -0.25) is 9.69 Å². The summed E-state index contributed by atoms with van der Waals surface area (Å²) in [6, 6.07) is 10.4. The largest absolute Gasteiger partial charge is 0.298 e. The van der Waals surface area contributed by atoms with Gasteiger partial charge in [0.2, 0.25) is 0 Å². The van der Waals surface area contributed by atoms with E-state index in [4.69, 9.17) is 0 Å². The fourth-order valence-corrected chi connectivity index (χ4v) is 2.47. The molecule has 1 aromatic carbocycles. The first-order chi connectivity index (χ1) is 8.31. The molecule has 1 aliphatic rings. The van der Waals surface area contributed by atoms with E-state index in [1.165, 1.54) is 5.56 Å². The predicted molar refractivity (Wildman–Crippen MR) is 69.7 cm³/mol. The summed E-state index contributed by atoms with van der Waals surface area (Å²) < 4.78 is 0. The van der Waals surface area contributed by atoms with E-state index in [1.807, 2.05) is 24.3 Å². The first kappa shape index (κ1) is 12.1. The highest BCUT2D eigenvalue weighted by Crippen LogP contribution is 2.22. The topological polar surface area (TPSA) is 20.3 Å². The predicted octanol–water partition coefficient (Wildman–Crippen LogP) is 2.80. The van der Waals surface area contributed by atoms with E-state index in [2.05, 4.69) is 23.6 Å². The third kappa shape index (κ3) is 3.04. The first-order valence-electron chi connectivity index (χ1n) is 6.23. The standard InChI is InChI=1S/C15H19NO/c1-2-11-16(14-9-6-10-15(14)17)12-13-7-4-3-5-8-13/h2-5,7-8,14H,1,6,9-12H2/t14-/m1/s1. The van der Waals surface area contributed by atoms with Crippen molar-refractivity contribution in [3.63, 3.8) is 0 Å². The van der Waals surface area contributed by atoms with Gasteiger partial charge >= 0.3 is 0 Å². The van der Waals surface area contributed by atoms with E-state index in [9.17, 15) is 4.79 Å². The Morgan fingerprint density at radius 1 is 1.35 bits per heavy atom. The highest BCUT2D eigenvalue weighted by molar-refractivity contribution is 5.85. The minimum absolute atomic E-state index is 0.105. The molecule has 0 N–H and O–H groups in total. The van der Waals surface area contributed by atoms with Crippen LogP contribution in [0.25, 0.3) is 0 Å². The second-order valence-electron chi connectivity index (χ2n) is 4.58. The summed E-state index contributed by atoms with van der Waals surface area (Å²) >= 11 is 0. The van der Waals surface area contributed by atoms with Gasteiger partial charge in [0.05, 0.1) is 6.04 Å². The van der Waals surface area contributed by atoms with Gasteiger partial charge in [0, 0.05) is 19.5 Å². The Labute approximate surface area is 103 Å². The Kier molecular flexibility index (Phi) is 4.10. The maximum absolute atomic E-state index is 11.8. The first-order valence-corrected chi connectivity index (χ1v) is 6.23. The van der Waals surface area contributed by atoms with E-state index < -0.39 is 0 Å². The second kappa shape index (κ2) is 5.78. The van der Waals surface area contributed by atoms with Crippen LogP contribution in [0.1, 0.15) is 24.8 Å². The summed E-state index contributed by atoms with van der Waals surface area (Å²) in [5.41, 5.74) is 1.26. The van der Waals surface area contributed by atoms with Crippen LogP contribution in [-0.4, -0.2) is 23.3 Å². The summed E-state index contributed by atoms with van der Waals surface area (Å²) in [5.74, 6) is 0.391. The maximum atomic E-state index is 11.8. The monoisotopic (exact) mass is 229 g/mol. The lowest BCUT2D eigenvalue weighted by Gasteiger charge is -2.26. The molecule has 0 unspecified atom stereocenters. The molecule has 0 aliphatic heterocycles. The van der Waals surface area contributed by atoms with Gasteiger partial charge in [-0.2, -0.15) is 0 Å². The van der Waals surface area contributed by atoms with Crippen LogP contribution in [0, 0.1) is 0 Å². The van der Waals surface area contributed by atoms with Crippen LogP contribution < -0.4 is 0 Å². The van der Waals surface area contributed by atoms with Crippen molar-refractivity contribution in [3.8, 4) is 0 Å². The van der Waals surface area contributed by atoms with Gasteiger partial charge in [-0.05, 0) is 18.4 Å². The molecule has 90 valence electrons. The van der Waals surface area contributed by atoms with Gasteiger partial charge in [0.1, 0.15) is 5.78 Å². The van der Waals surface area contributed by atoms with Crippen molar-refractivity contribution in [1.29, 1.82) is 0 Å². The number of hydrogen-bond acceptors (Lipinski definition) is 2. The quantitative estimate of drug-likeness (QED) is 0.724. The van der Waals surface area contributed by atoms with E-state index in [-0.39, 0.29) is 6.04 Å². The van der Waals surface area contributed by atoms with E-state index in [1.54, 1.807) is 0 Å². The minimum Gasteiger partial charge on any atom is -0.298 e. The smallest absolute Gasteiger partial charge is 0.149 e. The number of benzene rings is 1. The molecule has 1 fully saturated rings. The molecular weight excluding hydrogens is 210 g/mol. The molecule has 0 bridgehead atoms. The van der Waals surface area contributed by atoms with Crippen LogP contribution in [0.5, 0.6) is 0 Å². The highest BCUT2D eigenvalue weighted by Gasteiger charge is 2.29. The fraction of sp³-hybridized carbons (Fsp3) is 0.400. The molecule has 0 amide bonds. The highest BCUT2D eigenvalue weighted by atomic mass is 16.1. The van der Waals surface area contributed by atoms with Crippen LogP contribution in [0.3, 0.4) is 0 Å². The number of hydrogen-bond donors (Lipinski definition) is 0. The Hall–Kier alpha value is -1.41. The molecule has 0 aromatic heterocycles. The molecule has 1 saturated carbocycles. The van der Waals surface area contributed by atoms with Gasteiger partial charge in [-0.25, -0.2) is 0 Å².